The van der Waals surface area contributed by atoms with Gasteiger partial charge in [0.15, 0.2) is 0 Å². The summed E-state index contributed by atoms with van der Waals surface area (Å²) in [6, 6.07) is 11.7. The first-order valence-corrected chi connectivity index (χ1v) is 8.13. The minimum atomic E-state index is -0.118. The zero-order chi connectivity index (χ0) is 15.2. The molecule has 0 spiro atoms. The first-order chi connectivity index (χ1) is 10.0. The third kappa shape index (κ3) is 4.93. The van der Waals surface area contributed by atoms with Gasteiger partial charge in [-0.2, -0.15) is 11.8 Å². The van der Waals surface area contributed by atoms with Crippen LogP contribution in [0.25, 0.3) is 0 Å². The summed E-state index contributed by atoms with van der Waals surface area (Å²) in [6.07, 6.45) is 0. The van der Waals surface area contributed by atoms with Crippen LogP contribution in [-0.4, -0.2) is 15.2 Å². The summed E-state index contributed by atoms with van der Waals surface area (Å²) in [6.45, 7) is 6.31. The molecule has 1 aromatic carbocycles. The molecule has 1 heterocycles. The summed E-state index contributed by atoms with van der Waals surface area (Å²) in [5.74, 6) is 1.27. The molecule has 21 heavy (non-hydrogen) atoms. The lowest BCUT2D eigenvalue weighted by molar-refractivity contribution is 0.852. The average Bonchev–Trinajstić information content (AvgIpc) is 2.45. The van der Waals surface area contributed by atoms with Gasteiger partial charge in [-0.25, -0.2) is 4.98 Å². The molecule has 0 radical (unpaired) electrons. The van der Waals surface area contributed by atoms with Crippen LogP contribution in [0.1, 0.15) is 38.1 Å². The van der Waals surface area contributed by atoms with E-state index in [9.17, 15) is 4.79 Å². The van der Waals surface area contributed by atoms with Crippen molar-refractivity contribution in [1.82, 2.24) is 9.97 Å². The highest BCUT2D eigenvalue weighted by Gasteiger charge is 2.08. The first-order valence-electron chi connectivity index (χ1n) is 7.08. The zero-order valence-electron chi connectivity index (χ0n) is 12.6. The van der Waals surface area contributed by atoms with Crippen LogP contribution >= 0.6 is 11.8 Å². The molecular weight excluding hydrogens is 282 g/mol. The maximum absolute atomic E-state index is 11.7. The Morgan fingerprint density at radius 1 is 1.24 bits per heavy atom. The number of anilines is 1. The monoisotopic (exact) mass is 303 g/mol. The predicted molar refractivity (Wildman–Crippen MR) is 89.8 cm³/mol. The standard InChI is InChI=1S/C16H21N3OS/c1-11(2)21-10-14-9-15(20)19-16(18-14)17-12(3)13-7-5-4-6-8-13/h4-9,11-12H,10H2,1-3H3,(H2,17,18,19,20). The minimum absolute atomic E-state index is 0.0855. The number of nitrogens with one attached hydrogen (secondary N) is 2. The fourth-order valence-corrected chi connectivity index (χ4v) is 2.58. The molecular formula is C16H21N3OS. The van der Waals surface area contributed by atoms with Gasteiger partial charge in [0, 0.05) is 11.8 Å². The Bertz CT molecular complexity index is 625. The van der Waals surface area contributed by atoms with Gasteiger partial charge in [-0.3, -0.25) is 9.78 Å². The maximum atomic E-state index is 11.7. The van der Waals surface area contributed by atoms with Crippen LogP contribution < -0.4 is 10.9 Å². The number of thioether (sulfide) groups is 1. The Hall–Kier alpha value is -1.75. The summed E-state index contributed by atoms with van der Waals surface area (Å²) in [5, 5.41) is 3.77. The van der Waals surface area contributed by atoms with Crippen LogP contribution in [-0.2, 0) is 5.75 Å². The summed E-state index contributed by atoms with van der Waals surface area (Å²) >= 11 is 1.77. The van der Waals surface area contributed by atoms with Gasteiger partial charge in [0.2, 0.25) is 5.95 Å². The molecule has 2 N–H and O–H groups in total. The Morgan fingerprint density at radius 2 is 1.95 bits per heavy atom. The highest BCUT2D eigenvalue weighted by atomic mass is 32.2. The van der Waals surface area contributed by atoms with E-state index in [-0.39, 0.29) is 11.6 Å². The van der Waals surface area contributed by atoms with Crippen molar-refractivity contribution in [2.45, 2.75) is 37.8 Å². The second kappa shape index (κ2) is 7.31. The lowest BCUT2D eigenvalue weighted by atomic mass is 10.1. The van der Waals surface area contributed by atoms with Crippen molar-refractivity contribution in [3.8, 4) is 0 Å². The lowest BCUT2D eigenvalue weighted by Crippen LogP contribution is -2.16. The Labute approximate surface area is 129 Å². The van der Waals surface area contributed by atoms with Crippen molar-refractivity contribution in [2.75, 3.05) is 5.32 Å². The molecule has 0 bridgehead atoms. The highest BCUT2D eigenvalue weighted by Crippen LogP contribution is 2.18. The van der Waals surface area contributed by atoms with Gasteiger partial charge in [0.1, 0.15) is 0 Å². The zero-order valence-corrected chi connectivity index (χ0v) is 13.4. The molecule has 0 saturated heterocycles. The van der Waals surface area contributed by atoms with Gasteiger partial charge in [0.05, 0.1) is 11.7 Å². The van der Waals surface area contributed by atoms with Crippen LogP contribution in [0, 0.1) is 0 Å². The SMILES string of the molecule is CC(C)SCc1cc(=O)[nH]c(NC(C)c2ccccc2)n1. The molecule has 1 unspecified atom stereocenters. The van der Waals surface area contributed by atoms with E-state index in [2.05, 4.69) is 29.1 Å². The average molecular weight is 303 g/mol. The van der Waals surface area contributed by atoms with Crippen LogP contribution in [0.2, 0.25) is 0 Å². The predicted octanol–water partition coefficient (Wildman–Crippen LogP) is 3.58. The van der Waals surface area contributed by atoms with Crippen molar-refractivity contribution in [3.05, 3.63) is 58.0 Å². The van der Waals surface area contributed by atoms with Gasteiger partial charge < -0.3 is 5.32 Å². The molecule has 5 heteroatoms. The number of hydrogen-bond acceptors (Lipinski definition) is 4. The number of rotatable bonds is 6. The molecule has 0 aliphatic heterocycles. The van der Waals surface area contributed by atoms with Gasteiger partial charge in [-0.05, 0) is 17.7 Å². The highest BCUT2D eigenvalue weighted by molar-refractivity contribution is 7.99. The topological polar surface area (TPSA) is 57.8 Å². The Kier molecular flexibility index (Phi) is 5.44. The van der Waals surface area contributed by atoms with Gasteiger partial charge in [0.25, 0.3) is 5.56 Å². The van der Waals surface area contributed by atoms with Crippen molar-refractivity contribution in [3.63, 3.8) is 0 Å². The summed E-state index contributed by atoms with van der Waals surface area (Å²) in [7, 11) is 0. The fourth-order valence-electron chi connectivity index (χ4n) is 1.93. The molecule has 1 aromatic heterocycles. The quantitative estimate of drug-likeness (QED) is 0.856. The number of nitrogens with zero attached hydrogens (tertiary/aromatic N) is 1. The third-order valence-electron chi connectivity index (χ3n) is 3.01. The van der Waals surface area contributed by atoms with Crippen LogP contribution in [0.5, 0.6) is 0 Å². The molecule has 112 valence electrons. The van der Waals surface area contributed by atoms with E-state index in [0.29, 0.717) is 11.2 Å². The second-order valence-corrected chi connectivity index (χ2v) is 6.79. The number of H-pyrrole nitrogens is 1. The summed E-state index contributed by atoms with van der Waals surface area (Å²) < 4.78 is 0. The van der Waals surface area contributed by atoms with Crippen LogP contribution in [0.4, 0.5) is 5.95 Å². The summed E-state index contributed by atoms with van der Waals surface area (Å²) in [4.78, 5) is 19.0. The molecule has 0 amide bonds. The lowest BCUT2D eigenvalue weighted by Gasteiger charge is -2.15. The molecule has 2 rings (SSSR count). The van der Waals surface area contributed by atoms with E-state index in [0.717, 1.165) is 17.0 Å². The van der Waals surface area contributed by atoms with Gasteiger partial charge >= 0.3 is 0 Å². The van der Waals surface area contributed by atoms with E-state index in [4.69, 9.17) is 0 Å². The number of benzene rings is 1. The first kappa shape index (κ1) is 15.6. The number of hydrogen-bond donors (Lipinski definition) is 2. The Balaban J connectivity index is 2.11. The molecule has 1 atom stereocenters. The van der Waals surface area contributed by atoms with Crippen LogP contribution in [0.3, 0.4) is 0 Å². The minimum Gasteiger partial charge on any atom is -0.349 e. The number of aromatic amines is 1. The van der Waals surface area contributed by atoms with Crippen LogP contribution in [0.15, 0.2) is 41.2 Å². The normalized spacial score (nSPS) is 12.4. The second-order valence-electron chi connectivity index (χ2n) is 5.22. The summed E-state index contributed by atoms with van der Waals surface area (Å²) in [5.41, 5.74) is 1.84. The third-order valence-corrected chi connectivity index (χ3v) is 4.14. The van der Waals surface area contributed by atoms with E-state index in [1.807, 2.05) is 37.3 Å². The van der Waals surface area contributed by atoms with E-state index < -0.39 is 0 Å². The number of aromatic nitrogens is 2. The van der Waals surface area contributed by atoms with Gasteiger partial charge in [-0.1, -0.05) is 44.2 Å². The van der Waals surface area contributed by atoms with Crippen molar-refractivity contribution >= 4 is 17.7 Å². The molecule has 0 saturated carbocycles. The molecule has 4 nitrogen and oxygen atoms in total. The van der Waals surface area contributed by atoms with Crippen molar-refractivity contribution in [1.29, 1.82) is 0 Å². The largest absolute Gasteiger partial charge is 0.349 e. The molecule has 2 aromatic rings. The molecule has 0 aliphatic rings. The molecule has 0 fully saturated rings. The Morgan fingerprint density at radius 3 is 2.62 bits per heavy atom. The maximum Gasteiger partial charge on any atom is 0.252 e. The van der Waals surface area contributed by atoms with Crippen molar-refractivity contribution < 1.29 is 0 Å². The van der Waals surface area contributed by atoms with E-state index in [1.165, 1.54) is 0 Å². The van der Waals surface area contributed by atoms with E-state index in [1.54, 1.807) is 17.8 Å². The smallest absolute Gasteiger partial charge is 0.252 e. The van der Waals surface area contributed by atoms with Gasteiger partial charge in [-0.15, -0.1) is 0 Å². The fraction of sp³-hybridized carbons (Fsp3) is 0.375. The van der Waals surface area contributed by atoms with E-state index >= 15 is 0 Å². The molecule has 0 aliphatic carbocycles. The van der Waals surface area contributed by atoms with Crippen molar-refractivity contribution in [2.24, 2.45) is 0 Å².